The van der Waals surface area contributed by atoms with Gasteiger partial charge < -0.3 is 19.9 Å². The number of likely N-dealkylation sites (tertiary alicyclic amines) is 1. The SMILES string of the molecule is CN(C)C(=O)N1CC2NCCOC2C1. The minimum absolute atomic E-state index is 0.0739. The lowest BCUT2D eigenvalue weighted by molar-refractivity contribution is 0.0183. The Morgan fingerprint density at radius 1 is 1.50 bits per heavy atom. The highest BCUT2D eigenvalue weighted by Gasteiger charge is 2.37. The average Bonchev–Trinajstić information content (AvgIpc) is 2.59. The van der Waals surface area contributed by atoms with Crippen molar-refractivity contribution in [2.24, 2.45) is 0 Å². The minimum Gasteiger partial charge on any atom is -0.373 e. The Balaban J connectivity index is 1.95. The second-order valence-corrected chi connectivity index (χ2v) is 4.05. The molecule has 2 aliphatic rings. The Morgan fingerprint density at radius 2 is 2.29 bits per heavy atom. The molecule has 0 saturated carbocycles. The number of urea groups is 1. The van der Waals surface area contributed by atoms with E-state index in [4.69, 9.17) is 4.74 Å². The van der Waals surface area contributed by atoms with Crippen LogP contribution in [0.1, 0.15) is 0 Å². The van der Waals surface area contributed by atoms with Crippen LogP contribution in [0.2, 0.25) is 0 Å². The molecule has 1 N–H and O–H groups in total. The highest BCUT2D eigenvalue weighted by atomic mass is 16.5. The number of nitrogens with one attached hydrogen (secondary N) is 1. The molecule has 5 heteroatoms. The first-order valence-electron chi connectivity index (χ1n) is 4.99. The molecule has 0 aromatic carbocycles. The van der Waals surface area contributed by atoms with Crippen LogP contribution in [-0.4, -0.2) is 68.3 Å². The standard InChI is InChI=1S/C9H17N3O2/c1-11(2)9(13)12-5-7-8(6-12)14-4-3-10-7/h7-8,10H,3-6H2,1-2H3. The maximum Gasteiger partial charge on any atom is 0.319 e. The highest BCUT2D eigenvalue weighted by molar-refractivity contribution is 5.74. The summed E-state index contributed by atoms with van der Waals surface area (Å²) in [5.74, 6) is 0. The van der Waals surface area contributed by atoms with Crippen LogP contribution >= 0.6 is 0 Å². The summed E-state index contributed by atoms with van der Waals surface area (Å²) in [5.41, 5.74) is 0. The van der Waals surface area contributed by atoms with Crippen molar-refractivity contribution in [3.05, 3.63) is 0 Å². The summed E-state index contributed by atoms with van der Waals surface area (Å²) in [6.07, 6.45) is 0.188. The first-order valence-corrected chi connectivity index (χ1v) is 4.99. The van der Waals surface area contributed by atoms with Gasteiger partial charge in [-0.05, 0) is 0 Å². The lowest BCUT2D eigenvalue weighted by Gasteiger charge is -2.25. The molecule has 5 nitrogen and oxygen atoms in total. The van der Waals surface area contributed by atoms with Gasteiger partial charge in [-0.1, -0.05) is 0 Å². The van der Waals surface area contributed by atoms with Gasteiger partial charge in [0.2, 0.25) is 0 Å². The Morgan fingerprint density at radius 3 is 2.93 bits per heavy atom. The molecule has 0 spiro atoms. The van der Waals surface area contributed by atoms with E-state index in [0.29, 0.717) is 12.6 Å². The molecular formula is C9H17N3O2. The second kappa shape index (κ2) is 3.74. The van der Waals surface area contributed by atoms with E-state index in [0.717, 1.165) is 19.7 Å². The lowest BCUT2D eigenvalue weighted by Crippen LogP contribution is -2.47. The lowest BCUT2D eigenvalue weighted by atomic mass is 10.2. The van der Waals surface area contributed by atoms with E-state index >= 15 is 0 Å². The molecule has 2 fully saturated rings. The Kier molecular flexibility index (Phi) is 2.60. The first kappa shape index (κ1) is 9.73. The van der Waals surface area contributed by atoms with Crippen LogP contribution in [0.25, 0.3) is 0 Å². The van der Waals surface area contributed by atoms with E-state index in [2.05, 4.69) is 5.32 Å². The molecule has 14 heavy (non-hydrogen) atoms. The topological polar surface area (TPSA) is 44.8 Å². The van der Waals surface area contributed by atoms with Crippen molar-refractivity contribution in [1.82, 2.24) is 15.1 Å². The summed E-state index contributed by atoms with van der Waals surface area (Å²) >= 11 is 0. The number of carbonyl (C=O) groups excluding carboxylic acids is 1. The Hall–Kier alpha value is -0.810. The number of carbonyl (C=O) groups is 1. The largest absolute Gasteiger partial charge is 0.373 e. The van der Waals surface area contributed by atoms with Gasteiger partial charge in [-0.15, -0.1) is 0 Å². The van der Waals surface area contributed by atoms with Crippen molar-refractivity contribution >= 4 is 6.03 Å². The number of fused-ring (bicyclic) bond motifs is 1. The zero-order valence-electron chi connectivity index (χ0n) is 8.69. The molecule has 2 unspecified atom stereocenters. The number of amides is 2. The van der Waals surface area contributed by atoms with Crippen molar-refractivity contribution < 1.29 is 9.53 Å². The fourth-order valence-corrected chi connectivity index (χ4v) is 2.03. The van der Waals surface area contributed by atoms with E-state index in [1.807, 2.05) is 4.90 Å². The summed E-state index contributed by atoms with van der Waals surface area (Å²) in [6, 6.07) is 0.400. The van der Waals surface area contributed by atoms with Crippen molar-refractivity contribution in [2.45, 2.75) is 12.1 Å². The average molecular weight is 199 g/mol. The summed E-state index contributed by atoms with van der Waals surface area (Å²) in [7, 11) is 3.55. The van der Waals surface area contributed by atoms with E-state index in [1.165, 1.54) is 0 Å². The smallest absolute Gasteiger partial charge is 0.319 e. The van der Waals surface area contributed by atoms with E-state index in [9.17, 15) is 4.79 Å². The van der Waals surface area contributed by atoms with Crippen molar-refractivity contribution in [3.8, 4) is 0 Å². The predicted octanol–water partition coefficient (Wildman–Crippen LogP) is -0.659. The van der Waals surface area contributed by atoms with Crippen molar-refractivity contribution in [2.75, 3.05) is 40.3 Å². The zero-order chi connectivity index (χ0) is 10.1. The van der Waals surface area contributed by atoms with Gasteiger partial charge >= 0.3 is 6.03 Å². The Bertz CT molecular complexity index is 218. The number of nitrogens with zero attached hydrogens (tertiary/aromatic N) is 2. The molecule has 2 atom stereocenters. The van der Waals surface area contributed by atoms with Crippen LogP contribution in [0.5, 0.6) is 0 Å². The molecule has 0 aromatic rings. The molecule has 2 saturated heterocycles. The Labute approximate surface area is 84.0 Å². The van der Waals surface area contributed by atoms with Crippen LogP contribution in [0.15, 0.2) is 0 Å². The number of rotatable bonds is 0. The summed E-state index contributed by atoms with van der Waals surface area (Å²) in [5, 5.41) is 3.37. The molecule has 0 bridgehead atoms. The van der Waals surface area contributed by atoms with Gasteiger partial charge in [0.05, 0.1) is 25.3 Å². The van der Waals surface area contributed by atoms with Crippen LogP contribution in [0.3, 0.4) is 0 Å². The van der Waals surface area contributed by atoms with Gasteiger partial charge in [-0.2, -0.15) is 0 Å². The number of ether oxygens (including phenoxy) is 1. The molecular weight excluding hydrogens is 182 g/mol. The second-order valence-electron chi connectivity index (χ2n) is 4.05. The van der Waals surface area contributed by atoms with E-state index in [1.54, 1.807) is 19.0 Å². The molecule has 80 valence electrons. The molecule has 2 amide bonds. The maximum atomic E-state index is 11.7. The molecule has 2 heterocycles. The third-order valence-electron chi connectivity index (χ3n) is 2.76. The number of morpholine rings is 1. The van der Waals surface area contributed by atoms with Gasteiger partial charge in [0, 0.05) is 27.2 Å². The number of hydrogen-bond donors (Lipinski definition) is 1. The molecule has 0 aliphatic carbocycles. The fraction of sp³-hybridized carbons (Fsp3) is 0.889. The summed E-state index contributed by atoms with van der Waals surface area (Å²) in [6.45, 7) is 3.13. The third-order valence-corrected chi connectivity index (χ3v) is 2.76. The van der Waals surface area contributed by atoms with Crippen LogP contribution < -0.4 is 5.32 Å². The molecule has 2 aliphatic heterocycles. The third kappa shape index (κ3) is 1.69. The molecule has 0 aromatic heterocycles. The van der Waals surface area contributed by atoms with Crippen molar-refractivity contribution in [3.63, 3.8) is 0 Å². The summed E-state index contributed by atoms with van der Waals surface area (Å²) < 4.78 is 5.59. The molecule has 0 radical (unpaired) electrons. The van der Waals surface area contributed by atoms with Gasteiger partial charge in [0.25, 0.3) is 0 Å². The van der Waals surface area contributed by atoms with Crippen LogP contribution in [0, 0.1) is 0 Å². The van der Waals surface area contributed by atoms with Crippen LogP contribution in [-0.2, 0) is 4.74 Å². The maximum absolute atomic E-state index is 11.7. The van der Waals surface area contributed by atoms with Crippen molar-refractivity contribution in [1.29, 1.82) is 0 Å². The quantitative estimate of drug-likeness (QED) is 0.563. The van der Waals surface area contributed by atoms with Gasteiger partial charge in [0.1, 0.15) is 0 Å². The first-order chi connectivity index (χ1) is 6.68. The van der Waals surface area contributed by atoms with E-state index in [-0.39, 0.29) is 12.1 Å². The zero-order valence-corrected chi connectivity index (χ0v) is 8.69. The van der Waals surface area contributed by atoms with Gasteiger partial charge in [-0.25, -0.2) is 4.79 Å². The summed E-state index contributed by atoms with van der Waals surface area (Å²) in [4.78, 5) is 15.1. The number of hydrogen-bond acceptors (Lipinski definition) is 3. The predicted molar refractivity (Wildman–Crippen MR) is 52.2 cm³/mol. The monoisotopic (exact) mass is 199 g/mol. The van der Waals surface area contributed by atoms with Gasteiger partial charge in [-0.3, -0.25) is 0 Å². The molecule has 2 rings (SSSR count). The van der Waals surface area contributed by atoms with Crippen LogP contribution in [0.4, 0.5) is 4.79 Å². The van der Waals surface area contributed by atoms with E-state index < -0.39 is 0 Å². The fourth-order valence-electron chi connectivity index (χ4n) is 2.03. The minimum atomic E-state index is 0.0739. The highest BCUT2D eigenvalue weighted by Crippen LogP contribution is 2.16. The van der Waals surface area contributed by atoms with Gasteiger partial charge in [0.15, 0.2) is 0 Å². The normalized spacial score (nSPS) is 31.4.